The van der Waals surface area contributed by atoms with Crippen LogP contribution in [0.1, 0.15) is 25.3 Å². The van der Waals surface area contributed by atoms with Crippen LogP contribution in [0.15, 0.2) is 24.3 Å². The minimum absolute atomic E-state index is 0.0158. The summed E-state index contributed by atoms with van der Waals surface area (Å²) < 4.78 is 0. The number of rotatable bonds is 8. The summed E-state index contributed by atoms with van der Waals surface area (Å²) in [7, 11) is 4.01. The molecule has 1 N–H and O–H groups in total. The average Bonchev–Trinajstić information content (AvgIpc) is 2.41. The standard InChI is InChI=1S/C17H27N3O2/c1-14-7-5-8-16(13-14)18-17(22)9-12-20(15(2)21)11-6-10-19(3)4/h5,7-8,13H,6,9-12H2,1-4H3,(H,18,22). The van der Waals surface area contributed by atoms with Crippen molar-refractivity contribution in [2.45, 2.75) is 26.7 Å². The SMILES string of the molecule is CC(=O)N(CCCN(C)C)CCC(=O)Nc1cccc(C)c1. The van der Waals surface area contributed by atoms with E-state index in [0.717, 1.165) is 24.2 Å². The van der Waals surface area contributed by atoms with Gasteiger partial charge in [-0.15, -0.1) is 0 Å². The molecule has 0 aliphatic heterocycles. The molecule has 0 saturated heterocycles. The molecule has 0 bridgehead atoms. The second-order valence-electron chi connectivity index (χ2n) is 5.83. The van der Waals surface area contributed by atoms with E-state index in [9.17, 15) is 9.59 Å². The van der Waals surface area contributed by atoms with E-state index < -0.39 is 0 Å². The van der Waals surface area contributed by atoms with Crippen molar-refractivity contribution in [2.75, 3.05) is 39.0 Å². The zero-order valence-electron chi connectivity index (χ0n) is 14.1. The third-order valence-corrected chi connectivity index (χ3v) is 3.39. The Balaban J connectivity index is 2.40. The molecule has 0 unspecified atom stereocenters. The van der Waals surface area contributed by atoms with Gasteiger partial charge < -0.3 is 15.1 Å². The van der Waals surface area contributed by atoms with Gasteiger partial charge in [-0.3, -0.25) is 9.59 Å². The van der Waals surface area contributed by atoms with Crippen molar-refractivity contribution in [3.8, 4) is 0 Å². The van der Waals surface area contributed by atoms with Crippen LogP contribution in [0.5, 0.6) is 0 Å². The highest BCUT2D eigenvalue weighted by molar-refractivity contribution is 5.91. The van der Waals surface area contributed by atoms with Crippen molar-refractivity contribution in [1.29, 1.82) is 0 Å². The topological polar surface area (TPSA) is 52.7 Å². The Morgan fingerprint density at radius 2 is 1.86 bits per heavy atom. The van der Waals surface area contributed by atoms with Gasteiger partial charge in [0.05, 0.1) is 0 Å². The highest BCUT2D eigenvalue weighted by atomic mass is 16.2. The van der Waals surface area contributed by atoms with Crippen LogP contribution in [0.3, 0.4) is 0 Å². The molecule has 0 aromatic heterocycles. The number of anilines is 1. The molecule has 0 aliphatic carbocycles. The molecule has 0 radical (unpaired) electrons. The molecular formula is C17H27N3O2. The fourth-order valence-corrected chi connectivity index (χ4v) is 2.19. The van der Waals surface area contributed by atoms with E-state index in [1.54, 1.807) is 11.8 Å². The fraction of sp³-hybridized carbons (Fsp3) is 0.529. The summed E-state index contributed by atoms with van der Waals surface area (Å²) in [6.45, 7) is 5.61. The van der Waals surface area contributed by atoms with Gasteiger partial charge in [0.1, 0.15) is 0 Å². The van der Waals surface area contributed by atoms with Crippen LogP contribution in [-0.2, 0) is 9.59 Å². The number of aryl methyl sites for hydroxylation is 1. The molecule has 5 heteroatoms. The molecular weight excluding hydrogens is 278 g/mol. The number of hydrogen-bond acceptors (Lipinski definition) is 3. The third kappa shape index (κ3) is 7.22. The molecule has 0 heterocycles. The quantitative estimate of drug-likeness (QED) is 0.800. The molecule has 2 amide bonds. The number of carbonyl (C=O) groups is 2. The predicted octanol–water partition coefficient (Wildman–Crippen LogP) is 2.12. The van der Waals surface area contributed by atoms with E-state index in [1.807, 2.05) is 45.3 Å². The summed E-state index contributed by atoms with van der Waals surface area (Å²) in [6, 6.07) is 7.69. The zero-order valence-corrected chi connectivity index (χ0v) is 14.1. The minimum atomic E-state index is -0.0653. The second-order valence-corrected chi connectivity index (χ2v) is 5.83. The highest BCUT2D eigenvalue weighted by Crippen LogP contribution is 2.10. The van der Waals surface area contributed by atoms with Crippen molar-refractivity contribution >= 4 is 17.5 Å². The third-order valence-electron chi connectivity index (χ3n) is 3.39. The Hall–Kier alpha value is -1.88. The Labute approximate surface area is 133 Å². The molecule has 1 rings (SSSR count). The van der Waals surface area contributed by atoms with Gasteiger partial charge in [0, 0.05) is 32.1 Å². The summed E-state index contributed by atoms with van der Waals surface area (Å²) in [5.74, 6) is -0.0495. The number of nitrogens with zero attached hydrogens (tertiary/aromatic N) is 2. The summed E-state index contributed by atoms with van der Waals surface area (Å²) in [6.07, 6.45) is 1.22. The summed E-state index contributed by atoms with van der Waals surface area (Å²) in [4.78, 5) is 27.4. The first kappa shape index (κ1) is 18.2. The van der Waals surface area contributed by atoms with E-state index in [4.69, 9.17) is 0 Å². The van der Waals surface area contributed by atoms with Crippen LogP contribution < -0.4 is 5.32 Å². The lowest BCUT2D eigenvalue weighted by atomic mass is 10.2. The van der Waals surface area contributed by atoms with E-state index in [1.165, 1.54) is 0 Å². The van der Waals surface area contributed by atoms with Crippen LogP contribution in [0, 0.1) is 6.92 Å². The van der Waals surface area contributed by atoms with Gasteiger partial charge in [-0.05, 0) is 51.7 Å². The molecule has 22 heavy (non-hydrogen) atoms. The van der Waals surface area contributed by atoms with Gasteiger partial charge in [-0.1, -0.05) is 12.1 Å². The number of benzene rings is 1. The van der Waals surface area contributed by atoms with Crippen LogP contribution in [0.2, 0.25) is 0 Å². The number of nitrogens with one attached hydrogen (secondary N) is 1. The van der Waals surface area contributed by atoms with Gasteiger partial charge in [-0.25, -0.2) is 0 Å². The summed E-state index contributed by atoms with van der Waals surface area (Å²) in [5, 5.41) is 2.87. The highest BCUT2D eigenvalue weighted by Gasteiger charge is 2.11. The van der Waals surface area contributed by atoms with Crippen molar-refractivity contribution in [3.05, 3.63) is 29.8 Å². The smallest absolute Gasteiger partial charge is 0.226 e. The van der Waals surface area contributed by atoms with Gasteiger partial charge in [0.2, 0.25) is 11.8 Å². The first-order valence-electron chi connectivity index (χ1n) is 7.65. The minimum Gasteiger partial charge on any atom is -0.342 e. The first-order valence-corrected chi connectivity index (χ1v) is 7.65. The molecule has 0 fully saturated rings. The van der Waals surface area contributed by atoms with Gasteiger partial charge in [0.15, 0.2) is 0 Å². The van der Waals surface area contributed by atoms with Crippen molar-refractivity contribution in [1.82, 2.24) is 9.80 Å². The van der Waals surface area contributed by atoms with E-state index in [0.29, 0.717) is 19.5 Å². The maximum atomic E-state index is 12.0. The lowest BCUT2D eigenvalue weighted by molar-refractivity contribution is -0.129. The Morgan fingerprint density at radius 1 is 1.14 bits per heavy atom. The molecule has 0 atom stereocenters. The van der Waals surface area contributed by atoms with Crippen LogP contribution in [0.4, 0.5) is 5.69 Å². The van der Waals surface area contributed by atoms with E-state index in [-0.39, 0.29) is 11.8 Å². The predicted molar refractivity (Wildman–Crippen MR) is 89.9 cm³/mol. The molecule has 122 valence electrons. The normalized spacial score (nSPS) is 10.6. The fourth-order valence-electron chi connectivity index (χ4n) is 2.19. The van der Waals surface area contributed by atoms with E-state index >= 15 is 0 Å². The maximum absolute atomic E-state index is 12.0. The molecule has 1 aromatic carbocycles. The largest absolute Gasteiger partial charge is 0.342 e. The molecule has 0 spiro atoms. The summed E-state index contributed by atoms with van der Waals surface area (Å²) in [5.41, 5.74) is 1.90. The van der Waals surface area contributed by atoms with Gasteiger partial charge in [-0.2, -0.15) is 0 Å². The lowest BCUT2D eigenvalue weighted by Gasteiger charge is -2.21. The lowest BCUT2D eigenvalue weighted by Crippen LogP contribution is -2.34. The van der Waals surface area contributed by atoms with Crippen molar-refractivity contribution < 1.29 is 9.59 Å². The number of amides is 2. The number of carbonyl (C=O) groups excluding carboxylic acids is 2. The maximum Gasteiger partial charge on any atom is 0.226 e. The molecule has 1 aromatic rings. The Bertz CT molecular complexity index is 500. The van der Waals surface area contributed by atoms with Crippen LogP contribution in [-0.4, -0.2) is 55.3 Å². The van der Waals surface area contributed by atoms with Gasteiger partial charge in [0.25, 0.3) is 0 Å². The monoisotopic (exact) mass is 305 g/mol. The van der Waals surface area contributed by atoms with Crippen LogP contribution in [0.25, 0.3) is 0 Å². The zero-order chi connectivity index (χ0) is 16.5. The molecule has 0 aliphatic rings. The number of hydrogen-bond donors (Lipinski definition) is 1. The van der Waals surface area contributed by atoms with E-state index in [2.05, 4.69) is 10.2 Å². The molecule has 5 nitrogen and oxygen atoms in total. The average molecular weight is 305 g/mol. The van der Waals surface area contributed by atoms with Crippen molar-refractivity contribution in [3.63, 3.8) is 0 Å². The first-order chi connectivity index (χ1) is 10.4. The second kappa shape index (κ2) is 9.20. The van der Waals surface area contributed by atoms with Crippen molar-refractivity contribution in [2.24, 2.45) is 0 Å². The summed E-state index contributed by atoms with van der Waals surface area (Å²) >= 11 is 0. The Kier molecular flexibility index (Phi) is 7.60. The van der Waals surface area contributed by atoms with Crippen LogP contribution >= 0.6 is 0 Å². The molecule has 0 saturated carbocycles. The Morgan fingerprint density at radius 3 is 2.45 bits per heavy atom. The van der Waals surface area contributed by atoms with Gasteiger partial charge >= 0.3 is 0 Å².